The van der Waals surface area contributed by atoms with E-state index in [0.29, 0.717) is 0 Å². The third-order valence-electron chi connectivity index (χ3n) is 5.77. The van der Waals surface area contributed by atoms with Crippen LogP contribution in [0, 0.1) is 5.92 Å². The lowest BCUT2D eigenvalue weighted by molar-refractivity contribution is 0.0981. The van der Waals surface area contributed by atoms with Crippen molar-refractivity contribution in [2.24, 2.45) is 5.92 Å². The van der Waals surface area contributed by atoms with Crippen LogP contribution >= 0.6 is 0 Å². The summed E-state index contributed by atoms with van der Waals surface area (Å²) in [6, 6.07) is 16.7. The van der Waals surface area contributed by atoms with E-state index in [1.165, 1.54) is 37.1 Å². The number of hydrogen-bond acceptors (Lipinski definition) is 2. The SMILES string of the molecule is C[C@H]1CCCN(Cc2ccc(C(=O)N3c4ccccc4C[C@H]3C)cc2)C1. The van der Waals surface area contributed by atoms with E-state index in [-0.39, 0.29) is 11.9 Å². The molecule has 1 amide bonds. The minimum atomic E-state index is 0.112. The molecule has 3 nitrogen and oxygen atoms in total. The highest BCUT2D eigenvalue weighted by atomic mass is 16.2. The number of rotatable bonds is 3. The van der Waals surface area contributed by atoms with Gasteiger partial charge in [0.1, 0.15) is 0 Å². The second-order valence-corrected chi connectivity index (χ2v) is 8.04. The van der Waals surface area contributed by atoms with E-state index in [4.69, 9.17) is 0 Å². The van der Waals surface area contributed by atoms with Gasteiger partial charge in [0.2, 0.25) is 0 Å². The van der Waals surface area contributed by atoms with E-state index in [0.717, 1.165) is 30.1 Å². The second kappa shape index (κ2) is 7.24. The van der Waals surface area contributed by atoms with Crippen LogP contribution in [0.3, 0.4) is 0 Å². The Morgan fingerprint density at radius 3 is 2.62 bits per heavy atom. The zero-order valence-corrected chi connectivity index (χ0v) is 15.8. The number of para-hydroxylation sites is 1. The fourth-order valence-electron chi connectivity index (χ4n) is 4.46. The molecule has 3 heteroatoms. The normalized spacial score (nSPS) is 23.1. The number of piperidine rings is 1. The third kappa shape index (κ3) is 3.41. The predicted octanol–water partition coefficient (Wildman–Crippen LogP) is 4.51. The molecule has 2 heterocycles. The van der Waals surface area contributed by atoms with Crippen molar-refractivity contribution >= 4 is 11.6 Å². The maximum absolute atomic E-state index is 13.1. The first kappa shape index (κ1) is 17.3. The van der Waals surface area contributed by atoms with Crippen LogP contribution in [0.5, 0.6) is 0 Å². The highest BCUT2D eigenvalue weighted by Gasteiger charge is 2.31. The van der Waals surface area contributed by atoms with Gasteiger partial charge in [-0.25, -0.2) is 0 Å². The molecule has 0 bridgehead atoms. The summed E-state index contributed by atoms with van der Waals surface area (Å²) < 4.78 is 0. The van der Waals surface area contributed by atoms with Gasteiger partial charge in [0, 0.05) is 30.4 Å². The van der Waals surface area contributed by atoms with Crippen molar-refractivity contribution in [2.45, 2.75) is 45.7 Å². The molecule has 0 saturated carbocycles. The zero-order chi connectivity index (χ0) is 18.1. The van der Waals surface area contributed by atoms with E-state index in [2.05, 4.69) is 49.1 Å². The van der Waals surface area contributed by atoms with Gasteiger partial charge in [-0.15, -0.1) is 0 Å². The van der Waals surface area contributed by atoms with Gasteiger partial charge in [0.05, 0.1) is 0 Å². The lowest BCUT2D eigenvalue weighted by Gasteiger charge is -2.30. The minimum absolute atomic E-state index is 0.112. The molecular weight excluding hydrogens is 320 g/mol. The number of anilines is 1. The molecule has 0 unspecified atom stereocenters. The van der Waals surface area contributed by atoms with Crippen LogP contribution < -0.4 is 4.90 Å². The Hall–Kier alpha value is -2.13. The van der Waals surface area contributed by atoms with Crippen molar-refractivity contribution in [3.63, 3.8) is 0 Å². The quantitative estimate of drug-likeness (QED) is 0.815. The number of carbonyl (C=O) groups excluding carboxylic acids is 1. The third-order valence-corrected chi connectivity index (χ3v) is 5.77. The number of carbonyl (C=O) groups is 1. The maximum Gasteiger partial charge on any atom is 0.258 e. The Kier molecular flexibility index (Phi) is 4.82. The predicted molar refractivity (Wildman–Crippen MR) is 107 cm³/mol. The van der Waals surface area contributed by atoms with Crippen LogP contribution in [0.15, 0.2) is 48.5 Å². The van der Waals surface area contributed by atoms with Crippen LogP contribution in [-0.4, -0.2) is 29.9 Å². The number of amides is 1. The molecule has 1 saturated heterocycles. The lowest BCUT2D eigenvalue weighted by atomic mass is 9.99. The molecule has 0 N–H and O–H groups in total. The molecule has 26 heavy (non-hydrogen) atoms. The summed E-state index contributed by atoms with van der Waals surface area (Å²) in [4.78, 5) is 17.6. The molecule has 2 aliphatic heterocycles. The summed E-state index contributed by atoms with van der Waals surface area (Å²) in [5.41, 5.74) is 4.41. The van der Waals surface area contributed by atoms with Crippen LogP contribution in [0.4, 0.5) is 5.69 Å². The molecule has 2 atom stereocenters. The molecule has 0 aromatic heterocycles. The Morgan fingerprint density at radius 2 is 1.85 bits per heavy atom. The molecule has 1 fully saturated rings. The molecule has 4 rings (SSSR count). The Bertz CT molecular complexity index is 783. The van der Waals surface area contributed by atoms with E-state index < -0.39 is 0 Å². The van der Waals surface area contributed by atoms with Gasteiger partial charge < -0.3 is 4.90 Å². The first-order valence-electron chi connectivity index (χ1n) is 9.84. The molecular formula is C23H28N2O. The first-order chi connectivity index (χ1) is 12.6. The summed E-state index contributed by atoms with van der Waals surface area (Å²) in [6.45, 7) is 7.82. The largest absolute Gasteiger partial charge is 0.305 e. The molecule has 0 radical (unpaired) electrons. The summed E-state index contributed by atoms with van der Waals surface area (Å²) in [7, 11) is 0. The molecule has 2 aromatic carbocycles. The Balaban J connectivity index is 1.47. The van der Waals surface area contributed by atoms with Gasteiger partial charge in [-0.1, -0.05) is 37.3 Å². The fraction of sp³-hybridized carbons (Fsp3) is 0.435. The van der Waals surface area contributed by atoms with Gasteiger partial charge in [-0.05, 0) is 68.0 Å². The lowest BCUT2D eigenvalue weighted by Crippen LogP contribution is -2.35. The minimum Gasteiger partial charge on any atom is -0.305 e. The molecule has 2 aliphatic rings. The zero-order valence-electron chi connectivity index (χ0n) is 15.8. The van der Waals surface area contributed by atoms with Gasteiger partial charge in [-0.3, -0.25) is 9.69 Å². The highest BCUT2D eigenvalue weighted by Crippen LogP contribution is 2.33. The molecule has 2 aromatic rings. The van der Waals surface area contributed by atoms with Crippen molar-refractivity contribution in [3.05, 3.63) is 65.2 Å². The standard InChI is InChI=1S/C23H28N2O/c1-17-6-5-13-24(15-17)16-19-9-11-20(12-10-19)23(26)25-18(2)14-21-7-3-4-8-22(21)25/h3-4,7-12,17-18H,5-6,13-16H2,1-2H3/t17-,18+/m0/s1. The van der Waals surface area contributed by atoms with Crippen LogP contribution in [0.25, 0.3) is 0 Å². The van der Waals surface area contributed by atoms with Gasteiger partial charge in [-0.2, -0.15) is 0 Å². The Labute approximate surface area is 156 Å². The van der Waals surface area contributed by atoms with E-state index in [9.17, 15) is 4.79 Å². The van der Waals surface area contributed by atoms with Crippen LogP contribution in [0.1, 0.15) is 48.2 Å². The van der Waals surface area contributed by atoms with E-state index in [1.54, 1.807) is 0 Å². The van der Waals surface area contributed by atoms with Gasteiger partial charge in [0.25, 0.3) is 5.91 Å². The number of likely N-dealkylation sites (tertiary alicyclic amines) is 1. The highest BCUT2D eigenvalue weighted by molar-refractivity contribution is 6.07. The topological polar surface area (TPSA) is 23.6 Å². The van der Waals surface area contributed by atoms with Gasteiger partial charge >= 0.3 is 0 Å². The average Bonchev–Trinajstić information content (AvgIpc) is 2.97. The number of benzene rings is 2. The van der Waals surface area contributed by atoms with E-state index in [1.807, 2.05) is 23.1 Å². The monoisotopic (exact) mass is 348 g/mol. The maximum atomic E-state index is 13.1. The molecule has 0 aliphatic carbocycles. The summed E-state index contributed by atoms with van der Waals surface area (Å²) >= 11 is 0. The summed E-state index contributed by atoms with van der Waals surface area (Å²) in [5.74, 6) is 0.905. The number of fused-ring (bicyclic) bond motifs is 1. The van der Waals surface area contributed by atoms with Crippen molar-refractivity contribution in [1.82, 2.24) is 4.90 Å². The summed E-state index contributed by atoms with van der Waals surface area (Å²) in [6.07, 6.45) is 3.58. The van der Waals surface area contributed by atoms with Gasteiger partial charge in [0.15, 0.2) is 0 Å². The Morgan fingerprint density at radius 1 is 1.08 bits per heavy atom. The van der Waals surface area contributed by atoms with E-state index >= 15 is 0 Å². The summed E-state index contributed by atoms with van der Waals surface area (Å²) in [5, 5.41) is 0. The molecule has 0 spiro atoms. The first-order valence-corrected chi connectivity index (χ1v) is 9.84. The van der Waals surface area contributed by atoms with Crippen molar-refractivity contribution < 1.29 is 4.79 Å². The van der Waals surface area contributed by atoms with Crippen molar-refractivity contribution in [1.29, 1.82) is 0 Å². The number of hydrogen-bond donors (Lipinski definition) is 0. The van der Waals surface area contributed by atoms with Crippen molar-refractivity contribution in [2.75, 3.05) is 18.0 Å². The van der Waals surface area contributed by atoms with Crippen LogP contribution in [0.2, 0.25) is 0 Å². The average molecular weight is 348 g/mol. The number of nitrogens with zero attached hydrogens (tertiary/aromatic N) is 2. The fourth-order valence-corrected chi connectivity index (χ4v) is 4.46. The smallest absolute Gasteiger partial charge is 0.258 e. The van der Waals surface area contributed by atoms with Crippen molar-refractivity contribution in [3.8, 4) is 0 Å². The van der Waals surface area contributed by atoms with Crippen LogP contribution in [-0.2, 0) is 13.0 Å². The second-order valence-electron chi connectivity index (χ2n) is 8.04. The molecule has 136 valence electrons.